The number of anilines is 3. The van der Waals surface area contributed by atoms with E-state index >= 15 is 0 Å². The van der Waals surface area contributed by atoms with Crippen LogP contribution >= 0.6 is 0 Å². The van der Waals surface area contributed by atoms with Crippen LogP contribution in [0.15, 0.2) is 174 Å². The minimum atomic E-state index is -0.288. The molecule has 0 N–H and O–H groups in total. The van der Waals surface area contributed by atoms with Gasteiger partial charge in [0.25, 0.3) is 0 Å². The van der Waals surface area contributed by atoms with Crippen molar-refractivity contribution in [3.05, 3.63) is 198 Å². The highest BCUT2D eigenvalue weighted by Crippen LogP contribution is 2.65. The molecule has 292 valence electrons. The molecule has 60 heavy (non-hydrogen) atoms. The molecule has 9 aromatic rings. The molecule has 2 aliphatic carbocycles. The van der Waals surface area contributed by atoms with Crippen molar-refractivity contribution in [2.45, 2.75) is 64.7 Å². The first-order valence-electron chi connectivity index (χ1n) is 21.4. The first kappa shape index (κ1) is 36.4. The highest BCUT2D eigenvalue weighted by atomic mass is 16.3. The van der Waals surface area contributed by atoms with Crippen LogP contribution in [0.1, 0.15) is 76.3 Å². The van der Waals surface area contributed by atoms with E-state index in [-0.39, 0.29) is 16.2 Å². The van der Waals surface area contributed by atoms with Gasteiger partial charge in [-0.05, 0) is 108 Å². The second-order valence-electron chi connectivity index (χ2n) is 18.9. The van der Waals surface area contributed by atoms with Gasteiger partial charge in [0.1, 0.15) is 11.2 Å². The Kier molecular flexibility index (Phi) is 7.85. The molecule has 2 nitrogen and oxygen atoms in total. The summed E-state index contributed by atoms with van der Waals surface area (Å²) in [5, 5.41) is 2.26. The van der Waals surface area contributed by atoms with Crippen LogP contribution < -0.4 is 4.90 Å². The normalized spacial score (nSPS) is 14.5. The van der Waals surface area contributed by atoms with E-state index < -0.39 is 0 Å². The summed E-state index contributed by atoms with van der Waals surface area (Å²) in [6.07, 6.45) is 0. The zero-order chi connectivity index (χ0) is 41.1. The lowest BCUT2D eigenvalue weighted by molar-refractivity contribution is 0.587. The van der Waals surface area contributed by atoms with Crippen molar-refractivity contribution >= 4 is 39.0 Å². The van der Waals surface area contributed by atoms with E-state index in [9.17, 15) is 0 Å². The summed E-state index contributed by atoms with van der Waals surface area (Å²) in [6, 6.07) is 62.3. The SMILES string of the molecule is CC(C)(C)c1c2c(c(N(c3ccc(-c4ccc(-c5ccccc5)cc4)cc3)c3ccc4c(c3)oc3ccccc34)c3c1-c1ccccc1C3(C)C)C(C)(C)c1ccccc1-2. The number of fused-ring (bicyclic) bond motifs is 9. The Hall–Kier alpha value is -6.64. The predicted octanol–water partition coefficient (Wildman–Crippen LogP) is 16.3. The number of benzene rings is 8. The summed E-state index contributed by atoms with van der Waals surface area (Å²) in [4.78, 5) is 2.57. The number of rotatable bonds is 5. The Morgan fingerprint density at radius 1 is 0.433 bits per heavy atom. The van der Waals surface area contributed by atoms with E-state index in [1.54, 1.807) is 0 Å². The quantitative estimate of drug-likeness (QED) is 0.173. The maximum atomic E-state index is 6.64. The summed E-state index contributed by atoms with van der Waals surface area (Å²) >= 11 is 0. The van der Waals surface area contributed by atoms with E-state index in [0.29, 0.717) is 0 Å². The Balaban J connectivity index is 1.21. The molecule has 0 radical (unpaired) electrons. The van der Waals surface area contributed by atoms with E-state index in [4.69, 9.17) is 4.42 Å². The monoisotopic (exact) mass is 775 g/mol. The molecule has 2 heteroatoms. The third-order valence-corrected chi connectivity index (χ3v) is 13.5. The van der Waals surface area contributed by atoms with E-state index in [1.807, 2.05) is 0 Å². The van der Waals surface area contributed by atoms with Gasteiger partial charge in [-0.1, -0.05) is 182 Å². The van der Waals surface area contributed by atoms with Crippen LogP contribution in [-0.2, 0) is 16.2 Å². The predicted molar refractivity (Wildman–Crippen MR) is 253 cm³/mol. The summed E-state index contributed by atoms with van der Waals surface area (Å²) in [6.45, 7) is 17.0. The number of hydrogen-bond acceptors (Lipinski definition) is 2. The second-order valence-corrected chi connectivity index (χ2v) is 18.9. The number of hydrogen-bond donors (Lipinski definition) is 0. The van der Waals surface area contributed by atoms with Crippen LogP contribution in [0.4, 0.5) is 17.1 Å². The molecule has 8 aromatic carbocycles. The number of furan rings is 1. The molecular weight excluding hydrogens is 727 g/mol. The van der Waals surface area contributed by atoms with Crippen LogP contribution in [0.2, 0.25) is 0 Å². The van der Waals surface area contributed by atoms with E-state index in [0.717, 1.165) is 33.3 Å². The van der Waals surface area contributed by atoms with Crippen LogP contribution in [0.5, 0.6) is 0 Å². The molecule has 0 unspecified atom stereocenters. The molecule has 0 amide bonds. The minimum Gasteiger partial charge on any atom is -0.456 e. The molecule has 0 spiro atoms. The molecule has 0 fully saturated rings. The molecule has 0 atom stereocenters. The fourth-order valence-corrected chi connectivity index (χ4v) is 10.8. The largest absolute Gasteiger partial charge is 0.456 e. The van der Waals surface area contributed by atoms with Gasteiger partial charge >= 0.3 is 0 Å². The van der Waals surface area contributed by atoms with Gasteiger partial charge < -0.3 is 9.32 Å². The first-order valence-corrected chi connectivity index (χ1v) is 21.4. The summed E-state index contributed by atoms with van der Waals surface area (Å²) in [7, 11) is 0. The van der Waals surface area contributed by atoms with Gasteiger partial charge in [-0.3, -0.25) is 0 Å². The van der Waals surface area contributed by atoms with Crippen molar-refractivity contribution in [3.8, 4) is 44.5 Å². The zero-order valence-corrected chi connectivity index (χ0v) is 35.5. The van der Waals surface area contributed by atoms with Gasteiger partial charge in [0.2, 0.25) is 0 Å². The van der Waals surface area contributed by atoms with Gasteiger partial charge in [-0.25, -0.2) is 0 Å². The standard InChI is InChI=1S/C58H49NO/c1-56(2,3)52-50-44-20-11-14-22-46(44)57(4,5)53(50)55(54-51(52)45-21-12-15-23-47(45)58(54,6)7)59(41-33-34-43-42-19-13-16-24-48(42)60-49(43)35-41)40-31-29-39(30-32-40)38-27-25-37(26-28-38)36-17-9-8-10-18-36/h8-35H,1-7H3. The molecule has 0 saturated carbocycles. The van der Waals surface area contributed by atoms with Gasteiger partial charge in [0, 0.05) is 39.0 Å². The van der Waals surface area contributed by atoms with Crippen molar-refractivity contribution in [2.24, 2.45) is 0 Å². The van der Waals surface area contributed by atoms with Crippen molar-refractivity contribution in [2.75, 3.05) is 4.90 Å². The van der Waals surface area contributed by atoms with Gasteiger partial charge in [-0.2, -0.15) is 0 Å². The third-order valence-electron chi connectivity index (χ3n) is 13.5. The average Bonchev–Trinajstić information content (AvgIpc) is 3.83. The van der Waals surface area contributed by atoms with E-state index in [1.165, 1.54) is 78.0 Å². The Bertz CT molecular complexity index is 3070. The van der Waals surface area contributed by atoms with Crippen molar-refractivity contribution < 1.29 is 4.42 Å². The highest BCUT2D eigenvalue weighted by molar-refractivity contribution is 6.07. The lowest BCUT2D eigenvalue weighted by Gasteiger charge is -2.39. The van der Waals surface area contributed by atoms with Gasteiger partial charge in [0.15, 0.2) is 0 Å². The lowest BCUT2D eigenvalue weighted by Crippen LogP contribution is -2.27. The second kappa shape index (κ2) is 12.9. The first-order chi connectivity index (χ1) is 28.9. The Morgan fingerprint density at radius 3 is 1.45 bits per heavy atom. The smallest absolute Gasteiger partial charge is 0.137 e. The lowest BCUT2D eigenvalue weighted by atomic mass is 9.71. The van der Waals surface area contributed by atoms with Crippen LogP contribution in [-0.4, -0.2) is 0 Å². The van der Waals surface area contributed by atoms with Crippen LogP contribution in [0, 0.1) is 0 Å². The Labute approximate surface area is 353 Å². The highest BCUT2D eigenvalue weighted by Gasteiger charge is 2.50. The maximum absolute atomic E-state index is 6.64. The van der Waals surface area contributed by atoms with Crippen molar-refractivity contribution in [1.82, 2.24) is 0 Å². The van der Waals surface area contributed by atoms with Gasteiger partial charge in [0.05, 0.1) is 5.69 Å². The minimum absolute atomic E-state index is 0.135. The maximum Gasteiger partial charge on any atom is 0.137 e. The average molecular weight is 776 g/mol. The Morgan fingerprint density at radius 2 is 0.883 bits per heavy atom. The fraction of sp³-hybridized carbons (Fsp3) is 0.172. The van der Waals surface area contributed by atoms with Crippen LogP contribution in [0.25, 0.3) is 66.4 Å². The van der Waals surface area contributed by atoms with Crippen LogP contribution in [0.3, 0.4) is 0 Å². The summed E-state index contributed by atoms with van der Waals surface area (Å²) in [5.74, 6) is 0. The molecule has 1 aromatic heterocycles. The molecule has 1 heterocycles. The molecule has 0 aliphatic heterocycles. The third kappa shape index (κ3) is 5.26. The van der Waals surface area contributed by atoms with Crippen molar-refractivity contribution in [1.29, 1.82) is 0 Å². The fourth-order valence-electron chi connectivity index (χ4n) is 10.8. The molecule has 11 rings (SSSR count). The van der Waals surface area contributed by atoms with Crippen molar-refractivity contribution in [3.63, 3.8) is 0 Å². The molecule has 0 saturated heterocycles. The molecule has 0 bridgehead atoms. The number of nitrogens with zero attached hydrogens (tertiary/aromatic N) is 1. The topological polar surface area (TPSA) is 16.4 Å². The van der Waals surface area contributed by atoms with Gasteiger partial charge in [-0.15, -0.1) is 0 Å². The van der Waals surface area contributed by atoms with E-state index in [2.05, 4.69) is 223 Å². The molecule has 2 aliphatic rings. The summed E-state index contributed by atoms with van der Waals surface area (Å²) in [5.41, 5.74) is 21.8. The molecular formula is C58H49NO. The summed E-state index contributed by atoms with van der Waals surface area (Å²) < 4.78 is 6.64. The zero-order valence-electron chi connectivity index (χ0n) is 35.5. The number of para-hydroxylation sites is 1.